The molecule has 0 aliphatic carbocycles. The van der Waals surface area contributed by atoms with Gasteiger partial charge < -0.3 is 5.11 Å². The van der Waals surface area contributed by atoms with Gasteiger partial charge in [-0.25, -0.2) is 0 Å². The molecule has 0 rings (SSSR count). The fourth-order valence-corrected chi connectivity index (χ4v) is 0.445. The molecule has 0 amide bonds. The minimum absolute atomic E-state index is 0.146. The zero-order chi connectivity index (χ0) is 8.41. The molecule has 1 N–H and O–H groups in total. The number of hydrogen-bond acceptors (Lipinski definition) is 2. The molecule has 2 nitrogen and oxygen atoms in total. The number of nitrogens with zero attached hydrogens (tertiary/aromatic N) is 1. The van der Waals surface area contributed by atoms with Crippen LogP contribution in [-0.2, 0) is 0 Å². The summed E-state index contributed by atoms with van der Waals surface area (Å²) in [5.41, 5.74) is -0.950. The van der Waals surface area contributed by atoms with E-state index in [2.05, 4.69) is 4.99 Å². The highest BCUT2D eigenvalue weighted by atomic mass is 16.3. The standard InChI is InChI=1S/C8H17NO/c1-7(2,3)8(4,10)6-9-5/h6,10H,1-5H3. The lowest BCUT2D eigenvalue weighted by atomic mass is 9.79. The first-order chi connectivity index (χ1) is 4.31. The van der Waals surface area contributed by atoms with E-state index in [1.165, 1.54) is 0 Å². The van der Waals surface area contributed by atoms with Crippen molar-refractivity contribution in [2.75, 3.05) is 7.05 Å². The first-order valence-electron chi connectivity index (χ1n) is 3.47. The smallest absolute Gasteiger partial charge is 0.101 e. The van der Waals surface area contributed by atoms with E-state index < -0.39 is 5.60 Å². The van der Waals surface area contributed by atoms with Crippen molar-refractivity contribution in [1.29, 1.82) is 0 Å². The second kappa shape index (κ2) is 2.70. The van der Waals surface area contributed by atoms with Crippen LogP contribution >= 0.6 is 0 Å². The molecule has 0 aromatic heterocycles. The molecule has 2 heteroatoms. The van der Waals surface area contributed by atoms with Gasteiger partial charge in [0.25, 0.3) is 0 Å². The minimum atomic E-state index is -0.804. The van der Waals surface area contributed by atoms with Crippen molar-refractivity contribution < 1.29 is 5.11 Å². The fraction of sp³-hybridized carbons (Fsp3) is 0.875. The van der Waals surface area contributed by atoms with E-state index in [1.807, 2.05) is 20.8 Å². The molecule has 0 aliphatic heterocycles. The van der Waals surface area contributed by atoms with Gasteiger partial charge in [0.15, 0.2) is 0 Å². The monoisotopic (exact) mass is 143 g/mol. The largest absolute Gasteiger partial charge is 0.384 e. The zero-order valence-corrected chi connectivity index (χ0v) is 7.47. The Kier molecular flexibility index (Phi) is 2.60. The van der Waals surface area contributed by atoms with Crippen molar-refractivity contribution >= 4 is 6.21 Å². The molecular formula is C8H17NO. The molecule has 0 aromatic carbocycles. The maximum atomic E-state index is 9.70. The summed E-state index contributed by atoms with van der Waals surface area (Å²) in [5, 5.41) is 9.70. The van der Waals surface area contributed by atoms with E-state index in [4.69, 9.17) is 0 Å². The van der Waals surface area contributed by atoms with Crippen molar-refractivity contribution in [3.8, 4) is 0 Å². The van der Waals surface area contributed by atoms with Crippen LogP contribution in [0.4, 0.5) is 0 Å². The van der Waals surface area contributed by atoms with Crippen molar-refractivity contribution in [1.82, 2.24) is 0 Å². The third kappa shape index (κ3) is 2.10. The van der Waals surface area contributed by atoms with Gasteiger partial charge in [-0.2, -0.15) is 0 Å². The molecule has 0 heterocycles. The first kappa shape index (κ1) is 9.63. The third-order valence-corrected chi connectivity index (χ3v) is 1.90. The summed E-state index contributed by atoms with van der Waals surface area (Å²) in [7, 11) is 1.67. The molecule has 0 saturated heterocycles. The van der Waals surface area contributed by atoms with Crippen LogP contribution in [0.3, 0.4) is 0 Å². The average molecular weight is 143 g/mol. The second-order valence-electron chi connectivity index (χ2n) is 3.78. The highest BCUT2D eigenvalue weighted by Crippen LogP contribution is 2.27. The Bertz CT molecular complexity index is 131. The first-order valence-corrected chi connectivity index (χ1v) is 3.47. The van der Waals surface area contributed by atoms with E-state index in [9.17, 15) is 5.11 Å². The van der Waals surface area contributed by atoms with Crippen LogP contribution in [0.25, 0.3) is 0 Å². The number of hydrogen-bond donors (Lipinski definition) is 1. The predicted octanol–water partition coefficient (Wildman–Crippen LogP) is 1.48. The van der Waals surface area contributed by atoms with Crippen molar-refractivity contribution in [2.24, 2.45) is 10.4 Å². The SMILES string of the molecule is CN=CC(C)(O)C(C)(C)C. The molecule has 0 spiro atoms. The Labute approximate surface area is 63.0 Å². The molecule has 0 saturated carbocycles. The van der Waals surface area contributed by atoms with Crippen molar-refractivity contribution in [3.05, 3.63) is 0 Å². The quantitative estimate of drug-likeness (QED) is 0.554. The second-order valence-corrected chi connectivity index (χ2v) is 3.78. The lowest BCUT2D eigenvalue weighted by molar-refractivity contribution is 0.0271. The highest BCUT2D eigenvalue weighted by molar-refractivity contribution is 5.68. The lowest BCUT2D eigenvalue weighted by Crippen LogP contribution is -2.41. The van der Waals surface area contributed by atoms with Crippen molar-refractivity contribution in [2.45, 2.75) is 33.3 Å². The molecular weight excluding hydrogens is 126 g/mol. The normalized spacial score (nSPS) is 19.4. The highest BCUT2D eigenvalue weighted by Gasteiger charge is 2.33. The molecule has 0 aliphatic rings. The van der Waals surface area contributed by atoms with Gasteiger partial charge in [0, 0.05) is 13.3 Å². The van der Waals surface area contributed by atoms with E-state index >= 15 is 0 Å². The molecule has 10 heavy (non-hydrogen) atoms. The fourth-order valence-electron chi connectivity index (χ4n) is 0.445. The number of rotatable bonds is 1. The van der Waals surface area contributed by atoms with E-state index in [0.29, 0.717) is 0 Å². The zero-order valence-electron chi connectivity index (χ0n) is 7.47. The topological polar surface area (TPSA) is 32.6 Å². The van der Waals surface area contributed by atoms with Crippen molar-refractivity contribution in [3.63, 3.8) is 0 Å². The maximum absolute atomic E-state index is 9.70. The summed E-state index contributed by atoms with van der Waals surface area (Å²) in [6.07, 6.45) is 1.58. The van der Waals surface area contributed by atoms with E-state index in [0.717, 1.165) is 0 Å². The van der Waals surface area contributed by atoms with Gasteiger partial charge in [-0.05, 0) is 12.3 Å². The molecule has 0 bridgehead atoms. The number of aliphatic hydroxyl groups is 1. The maximum Gasteiger partial charge on any atom is 0.101 e. The Morgan fingerprint density at radius 1 is 1.20 bits per heavy atom. The molecule has 1 unspecified atom stereocenters. The summed E-state index contributed by atoms with van der Waals surface area (Å²) in [5.74, 6) is 0. The van der Waals surface area contributed by atoms with Crippen LogP contribution in [-0.4, -0.2) is 24.0 Å². The van der Waals surface area contributed by atoms with Gasteiger partial charge in [0.1, 0.15) is 5.60 Å². The molecule has 0 fully saturated rings. The van der Waals surface area contributed by atoms with E-state index in [1.54, 1.807) is 20.2 Å². The Morgan fingerprint density at radius 3 is 1.70 bits per heavy atom. The number of aliphatic imine (C=N–C) groups is 1. The molecule has 60 valence electrons. The van der Waals surface area contributed by atoms with Gasteiger partial charge >= 0.3 is 0 Å². The summed E-state index contributed by atoms with van der Waals surface area (Å²) in [4.78, 5) is 3.80. The minimum Gasteiger partial charge on any atom is -0.384 e. The Balaban J connectivity index is 4.40. The van der Waals surface area contributed by atoms with Gasteiger partial charge in [0.05, 0.1) is 0 Å². The van der Waals surface area contributed by atoms with E-state index in [-0.39, 0.29) is 5.41 Å². The van der Waals surface area contributed by atoms with Crippen LogP contribution < -0.4 is 0 Å². The van der Waals surface area contributed by atoms with Crippen LogP contribution in [0.15, 0.2) is 4.99 Å². The molecule has 0 radical (unpaired) electrons. The van der Waals surface area contributed by atoms with Crippen LogP contribution in [0.2, 0.25) is 0 Å². The van der Waals surface area contributed by atoms with Crippen LogP contribution in [0.5, 0.6) is 0 Å². The Morgan fingerprint density at radius 2 is 1.60 bits per heavy atom. The van der Waals surface area contributed by atoms with Gasteiger partial charge in [0.2, 0.25) is 0 Å². The van der Waals surface area contributed by atoms with Gasteiger partial charge in [-0.3, -0.25) is 4.99 Å². The van der Waals surface area contributed by atoms with Gasteiger partial charge in [-0.1, -0.05) is 20.8 Å². The van der Waals surface area contributed by atoms with Crippen LogP contribution in [0.1, 0.15) is 27.7 Å². The molecule has 1 atom stereocenters. The molecule has 0 aromatic rings. The summed E-state index contributed by atoms with van der Waals surface area (Å²) in [6, 6.07) is 0. The predicted molar refractivity (Wildman–Crippen MR) is 44.5 cm³/mol. The summed E-state index contributed by atoms with van der Waals surface area (Å²) < 4.78 is 0. The average Bonchev–Trinajstić information content (AvgIpc) is 1.61. The van der Waals surface area contributed by atoms with Crippen LogP contribution in [0, 0.1) is 5.41 Å². The third-order valence-electron chi connectivity index (χ3n) is 1.90. The summed E-state index contributed by atoms with van der Waals surface area (Å²) >= 11 is 0. The van der Waals surface area contributed by atoms with Gasteiger partial charge in [-0.15, -0.1) is 0 Å². The Hall–Kier alpha value is -0.370. The lowest BCUT2D eigenvalue weighted by Gasteiger charge is -2.33. The summed E-state index contributed by atoms with van der Waals surface area (Å²) in [6.45, 7) is 7.71.